The van der Waals surface area contributed by atoms with Crippen molar-refractivity contribution in [3.63, 3.8) is 0 Å². The van der Waals surface area contributed by atoms with Crippen LogP contribution in [-0.4, -0.2) is 40.2 Å². The van der Waals surface area contributed by atoms with E-state index in [1.54, 1.807) is 16.8 Å². The molecule has 0 saturated carbocycles. The Balaban J connectivity index is 1.70. The molecule has 1 atom stereocenters. The van der Waals surface area contributed by atoms with Crippen LogP contribution in [0.5, 0.6) is 0 Å². The summed E-state index contributed by atoms with van der Waals surface area (Å²) in [7, 11) is 0. The summed E-state index contributed by atoms with van der Waals surface area (Å²) in [6.45, 7) is 6.40. The van der Waals surface area contributed by atoms with Crippen molar-refractivity contribution in [1.29, 1.82) is 0 Å². The topological polar surface area (TPSA) is 50.2 Å². The zero-order chi connectivity index (χ0) is 17.1. The standard InChI is InChI=1S/C18H23FN4O/c1-13-4-3-9-22(11-13)12-18(24)20-17-10-14(2)21-23(17)16-7-5-15(19)6-8-16/h5-8,10,13H,3-4,9,11-12H2,1-2H3,(H,20,24). The number of nitrogens with one attached hydrogen (secondary N) is 1. The summed E-state index contributed by atoms with van der Waals surface area (Å²) in [5.74, 6) is 0.896. The number of piperidine rings is 1. The van der Waals surface area contributed by atoms with E-state index in [0.29, 0.717) is 24.0 Å². The molecule has 1 unspecified atom stereocenters. The van der Waals surface area contributed by atoms with Gasteiger partial charge in [0, 0.05) is 12.6 Å². The van der Waals surface area contributed by atoms with Crippen LogP contribution in [0.1, 0.15) is 25.5 Å². The summed E-state index contributed by atoms with van der Waals surface area (Å²) in [5, 5.41) is 7.32. The number of carbonyl (C=O) groups is 1. The first-order chi connectivity index (χ1) is 11.5. The van der Waals surface area contributed by atoms with Crippen LogP contribution in [0.15, 0.2) is 30.3 Å². The van der Waals surface area contributed by atoms with E-state index in [1.165, 1.54) is 18.6 Å². The molecule has 6 heteroatoms. The monoisotopic (exact) mass is 330 g/mol. The summed E-state index contributed by atoms with van der Waals surface area (Å²) in [5.41, 5.74) is 1.51. The van der Waals surface area contributed by atoms with Gasteiger partial charge in [0.05, 0.1) is 17.9 Å². The third kappa shape index (κ3) is 4.00. The van der Waals surface area contributed by atoms with E-state index in [9.17, 15) is 9.18 Å². The van der Waals surface area contributed by atoms with E-state index in [0.717, 1.165) is 25.2 Å². The molecule has 1 aliphatic heterocycles. The van der Waals surface area contributed by atoms with Crippen LogP contribution in [0.2, 0.25) is 0 Å². The molecule has 1 aliphatic rings. The van der Waals surface area contributed by atoms with E-state index < -0.39 is 0 Å². The largest absolute Gasteiger partial charge is 0.309 e. The summed E-state index contributed by atoms with van der Waals surface area (Å²) in [6.07, 6.45) is 2.37. The lowest BCUT2D eigenvalue weighted by Crippen LogP contribution is -2.39. The highest BCUT2D eigenvalue weighted by molar-refractivity contribution is 5.91. The smallest absolute Gasteiger partial charge is 0.239 e. The molecular weight excluding hydrogens is 307 g/mol. The number of amides is 1. The number of hydrogen-bond donors (Lipinski definition) is 1. The number of halogens is 1. The number of carbonyl (C=O) groups excluding carboxylic acids is 1. The first-order valence-corrected chi connectivity index (χ1v) is 8.36. The molecule has 0 aliphatic carbocycles. The van der Waals surface area contributed by atoms with E-state index in [-0.39, 0.29) is 11.7 Å². The number of aromatic nitrogens is 2. The van der Waals surface area contributed by atoms with Gasteiger partial charge in [0.25, 0.3) is 0 Å². The fourth-order valence-corrected chi connectivity index (χ4v) is 3.18. The van der Waals surface area contributed by atoms with Crippen molar-refractivity contribution in [1.82, 2.24) is 14.7 Å². The van der Waals surface area contributed by atoms with Gasteiger partial charge in [-0.15, -0.1) is 0 Å². The fraction of sp³-hybridized carbons (Fsp3) is 0.444. The second kappa shape index (κ2) is 7.13. The van der Waals surface area contributed by atoms with Crippen LogP contribution >= 0.6 is 0 Å². The summed E-state index contributed by atoms with van der Waals surface area (Å²) < 4.78 is 14.7. The zero-order valence-electron chi connectivity index (χ0n) is 14.1. The molecule has 2 heterocycles. The normalized spacial score (nSPS) is 18.5. The number of aryl methyl sites for hydroxylation is 1. The van der Waals surface area contributed by atoms with Crippen molar-refractivity contribution in [3.05, 3.63) is 41.8 Å². The van der Waals surface area contributed by atoms with Gasteiger partial charge in [0.1, 0.15) is 11.6 Å². The Kier molecular flexibility index (Phi) is 4.94. The third-order valence-electron chi connectivity index (χ3n) is 4.28. The van der Waals surface area contributed by atoms with Crippen molar-refractivity contribution in [2.45, 2.75) is 26.7 Å². The Bertz CT molecular complexity index is 710. The van der Waals surface area contributed by atoms with E-state index in [4.69, 9.17) is 0 Å². The van der Waals surface area contributed by atoms with Gasteiger partial charge in [0.15, 0.2) is 0 Å². The number of hydrogen-bond acceptors (Lipinski definition) is 3. The Morgan fingerprint density at radius 3 is 2.83 bits per heavy atom. The maximum absolute atomic E-state index is 13.1. The average molecular weight is 330 g/mol. The molecule has 1 aromatic carbocycles. The highest BCUT2D eigenvalue weighted by atomic mass is 19.1. The van der Waals surface area contributed by atoms with Crippen molar-refractivity contribution >= 4 is 11.7 Å². The number of likely N-dealkylation sites (tertiary alicyclic amines) is 1. The molecule has 1 saturated heterocycles. The Hall–Kier alpha value is -2.21. The molecule has 1 N–H and O–H groups in total. The summed E-state index contributed by atoms with van der Waals surface area (Å²) in [4.78, 5) is 14.6. The lowest BCUT2D eigenvalue weighted by Gasteiger charge is -2.30. The molecule has 1 amide bonds. The van der Waals surface area contributed by atoms with Gasteiger partial charge in [-0.25, -0.2) is 9.07 Å². The molecule has 0 radical (unpaired) electrons. The van der Waals surface area contributed by atoms with Gasteiger partial charge >= 0.3 is 0 Å². The maximum Gasteiger partial charge on any atom is 0.239 e. The van der Waals surface area contributed by atoms with Crippen molar-refractivity contribution in [3.8, 4) is 5.69 Å². The van der Waals surface area contributed by atoms with E-state index in [2.05, 4.69) is 22.2 Å². The maximum atomic E-state index is 13.1. The Labute approximate surface area is 141 Å². The molecule has 24 heavy (non-hydrogen) atoms. The van der Waals surface area contributed by atoms with Gasteiger partial charge in [-0.2, -0.15) is 5.10 Å². The lowest BCUT2D eigenvalue weighted by molar-refractivity contribution is -0.117. The van der Waals surface area contributed by atoms with Crippen LogP contribution in [0.4, 0.5) is 10.2 Å². The predicted molar refractivity (Wildman–Crippen MR) is 91.7 cm³/mol. The minimum absolute atomic E-state index is 0.0487. The van der Waals surface area contributed by atoms with Crippen LogP contribution in [0, 0.1) is 18.7 Å². The minimum atomic E-state index is -0.299. The highest BCUT2D eigenvalue weighted by Gasteiger charge is 2.19. The third-order valence-corrected chi connectivity index (χ3v) is 4.28. The molecule has 128 valence electrons. The van der Waals surface area contributed by atoms with Crippen molar-refractivity contribution in [2.24, 2.45) is 5.92 Å². The van der Waals surface area contributed by atoms with Crippen LogP contribution in [-0.2, 0) is 4.79 Å². The lowest BCUT2D eigenvalue weighted by atomic mass is 10.0. The van der Waals surface area contributed by atoms with Gasteiger partial charge in [-0.05, 0) is 56.5 Å². The quantitative estimate of drug-likeness (QED) is 0.937. The molecule has 0 bridgehead atoms. The van der Waals surface area contributed by atoms with E-state index in [1.807, 2.05) is 13.0 Å². The summed E-state index contributed by atoms with van der Waals surface area (Å²) in [6, 6.07) is 7.87. The first kappa shape index (κ1) is 16.6. The van der Waals surface area contributed by atoms with Crippen LogP contribution < -0.4 is 5.32 Å². The second-order valence-electron chi connectivity index (χ2n) is 6.59. The van der Waals surface area contributed by atoms with Crippen LogP contribution in [0.3, 0.4) is 0 Å². The number of anilines is 1. The number of rotatable bonds is 4. The van der Waals surface area contributed by atoms with E-state index >= 15 is 0 Å². The van der Waals surface area contributed by atoms with Gasteiger partial charge < -0.3 is 5.32 Å². The molecule has 3 rings (SSSR count). The van der Waals surface area contributed by atoms with Gasteiger partial charge in [-0.3, -0.25) is 9.69 Å². The highest BCUT2D eigenvalue weighted by Crippen LogP contribution is 2.18. The predicted octanol–water partition coefficient (Wildman–Crippen LogP) is 2.99. The van der Waals surface area contributed by atoms with Crippen molar-refractivity contribution in [2.75, 3.05) is 25.0 Å². The molecule has 2 aromatic rings. The Morgan fingerprint density at radius 2 is 2.12 bits per heavy atom. The van der Waals surface area contributed by atoms with Crippen molar-refractivity contribution < 1.29 is 9.18 Å². The molecule has 1 aromatic heterocycles. The van der Waals surface area contributed by atoms with Crippen LogP contribution in [0.25, 0.3) is 5.69 Å². The van der Waals surface area contributed by atoms with Gasteiger partial charge in [0.2, 0.25) is 5.91 Å². The molecule has 5 nitrogen and oxygen atoms in total. The summed E-state index contributed by atoms with van der Waals surface area (Å²) >= 11 is 0. The first-order valence-electron chi connectivity index (χ1n) is 8.36. The minimum Gasteiger partial charge on any atom is -0.309 e. The number of benzene rings is 1. The Morgan fingerprint density at radius 1 is 1.38 bits per heavy atom. The fourth-order valence-electron chi connectivity index (χ4n) is 3.18. The molecular formula is C18H23FN4O. The van der Waals surface area contributed by atoms with Gasteiger partial charge in [-0.1, -0.05) is 6.92 Å². The average Bonchev–Trinajstić information content (AvgIpc) is 2.88. The number of nitrogens with zero attached hydrogens (tertiary/aromatic N) is 3. The molecule has 0 spiro atoms. The zero-order valence-corrected chi connectivity index (χ0v) is 14.1. The SMILES string of the molecule is Cc1cc(NC(=O)CN2CCCC(C)C2)n(-c2ccc(F)cc2)n1. The second-order valence-corrected chi connectivity index (χ2v) is 6.59. The molecule has 1 fully saturated rings.